The van der Waals surface area contributed by atoms with Crippen LogP contribution in [-0.2, 0) is 0 Å². The summed E-state index contributed by atoms with van der Waals surface area (Å²) in [5, 5.41) is 0. The van der Waals surface area contributed by atoms with E-state index in [4.69, 9.17) is 0 Å². The molecule has 0 rings (SSSR count). The van der Waals surface area contributed by atoms with Crippen LogP contribution in [0.5, 0.6) is 0 Å². The van der Waals surface area contributed by atoms with Crippen molar-refractivity contribution in [1.29, 1.82) is 0 Å². The smallest absolute Gasteiger partial charge is 0.000955 e. The monoisotopic (exact) mass is 423 g/mol. The quantitative estimate of drug-likeness (QED) is 0.148. The van der Waals surface area contributed by atoms with Gasteiger partial charge >= 0.3 is 0 Å². The Kier molecular flexibility index (Phi) is 22.1. The molecule has 2 atom stereocenters. The molecule has 0 aliphatic carbocycles. The van der Waals surface area contributed by atoms with E-state index in [9.17, 15) is 0 Å². The molecule has 0 amide bonds. The minimum absolute atomic E-state index is 0.854. The van der Waals surface area contributed by atoms with Crippen molar-refractivity contribution in [3.63, 3.8) is 0 Å². The maximum absolute atomic E-state index is 2.85. The van der Waals surface area contributed by atoms with Crippen LogP contribution in [0.4, 0.5) is 0 Å². The highest BCUT2D eigenvalue weighted by molar-refractivity contribution is 4.67. The summed E-state index contributed by atoms with van der Waals surface area (Å²) in [4.78, 5) is 2.85. The van der Waals surface area contributed by atoms with Crippen LogP contribution in [0, 0.1) is 17.8 Å². The van der Waals surface area contributed by atoms with Gasteiger partial charge in [0.2, 0.25) is 0 Å². The Labute approximate surface area is 193 Å². The van der Waals surface area contributed by atoms with Gasteiger partial charge in [-0.3, -0.25) is 0 Å². The Morgan fingerprint density at radius 2 is 1.10 bits per heavy atom. The Hall–Kier alpha value is -0.0400. The average Bonchev–Trinajstić information content (AvgIpc) is 2.71. The van der Waals surface area contributed by atoms with Gasteiger partial charge in [-0.15, -0.1) is 0 Å². The molecule has 0 radical (unpaired) electrons. The van der Waals surface area contributed by atoms with E-state index in [2.05, 4.69) is 46.4 Å². The lowest BCUT2D eigenvalue weighted by Crippen LogP contribution is -2.31. The van der Waals surface area contributed by atoms with Gasteiger partial charge in [0, 0.05) is 6.54 Å². The third-order valence-corrected chi connectivity index (χ3v) is 6.93. The van der Waals surface area contributed by atoms with Gasteiger partial charge in [0.05, 0.1) is 0 Å². The lowest BCUT2D eigenvalue weighted by Gasteiger charge is -2.27. The van der Waals surface area contributed by atoms with Crippen LogP contribution in [0.15, 0.2) is 0 Å². The highest BCUT2D eigenvalue weighted by Crippen LogP contribution is 2.19. The lowest BCUT2D eigenvalue weighted by molar-refractivity contribution is 0.208. The molecule has 30 heavy (non-hydrogen) atoms. The van der Waals surface area contributed by atoms with Gasteiger partial charge in [-0.25, -0.2) is 0 Å². The van der Waals surface area contributed by atoms with Crippen molar-refractivity contribution in [2.24, 2.45) is 17.8 Å². The van der Waals surface area contributed by atoms with Crippen molar-refractivity contribution in [2.75, 3.05) is 19.6 Å². The zero-order chi connectivity index (χ0) is 22.5. The fraction of sp³-hybridized carbons (Fsp3) is 1.00. The SMILES string of the molecule is CCCCCCCCCCCN(CCCCC(C)CC(C)C)CC(CC)CCCC. The van der Waals surface area contributed by atoms with Crippen LogP contribution in [0.3, 0.4) is 0 Å². The van der Waals surface area contributed by atoms with Gasteiger partial charge in [0.15, 0.2) is 0 Å². The first-order valence-electron chi connectivity index (χ1n) is 14.3. The molecule has 0 aliphatic heterocycles. The van der Waals surface area contributed by atoms with Gasteiger partial charge in [-0.05, 0) is 56.5 Å². The van der Waals surface area contributed by atoms with Crippen molar-refractivity contribution in [2.45, 2.75) is 151 Å². The molecule has 0 heterocycles. The lowest BCUT2D eigenvalue weighted by atomic mass is 9.94. The second kappa shape index (κ2) is 22.2. The van der Waals surface area contributed by atoms with E-state index in [1.807, 2.05) is 0 Å². The summed E-state index contributed by atoms with van der Waals surface area (Å²) in [6, 6.07) is 0. The van der Waals surface area contributed by atoms with Gasteiger partial charge in [0.25, 0.3) is 0 Å². The van der Waals surface area contributed by atoms with E-state index >= 15 is 0 Å². The van der Waals surface area contributed by atoms with E-state index in [-0.39, 0.29) is 0 Å². The van der Waals surface area contributed by atoms with Crippen LogP contribution in [0.1, 0.15) is 151 Å². The zero-order valence-corrected chi connectivity index (χ0v) is 22.3. The Bertz CT molecular complexity index is 324. The Balaban J connectivity index is 4.15. The molecular weight excluding hydrogens is 362 g/mol. The third-order valence-electron chi connectivity index (χ3n) is 6.93. The largest absolute Gasteiger partial charge is 0.303 e. The van der Waals surface area contributed by atoms with Gasteiger partial charge in [-0.1, -0.05) is 125 Å². The summed E-state index contributed by atoms with van der Waals surface area (Å²) in [7, 11) is 0. The minimum atomic E-state index is 0.854. The van der Waals surface area contributed by atoms with E-state index in [1.165, 1.54) is 129 Å². The fourth-order valence-electron chi connectivity index (χ4n) is 4.97. The molecule has 0 bridgehead atoms. The summed E-state index contributed by atoms with van der Waals surface area (Å²) in [5.41, 5.74) is 0. The second-order valence-corrected chi connectivity index (χ2v) is 10.8. The van der Waals surface area contributed by atoms with Gasteiger partial charge in [0.1, 0.15) is 0 Å². The van der Waals surface area contributed by atoms with E-state index in [1.54, 1.807) is 0 Å². The van der Waals surface area contributed by atoms with Crippen LogP contribution >= 0.6 is 0 Å². The molecule has 0 aromatic heterocycles. The molecule has 1 heteroatoms. The van der Waals surface area contributed by atoms with E-state index in [0.29, 0.717) is 0 Å². The highest BCUT2D eigenvalue weighted by atomic mass is 15.1. The maximum atomic E-state index is 2.85. The summed E-state index contributed by atoms with van der Waals surface area (Å²) in [6.45, 7) is 18.3. The van der Waals surface area contributed by atoms with Crippen LogP contribution in [-0.4, -0.2) is 24.5 Å². The van der Waals surface area contributed by atoms with Crippen molar-refractivity contribution in [3.05, 3.63) is 0 Å². The number of hydrogen-bond acceptors (Lipinski definition) is 1. The first kappa shape index (κ1) is 30.0. The molecule has 0 spiro atoms. The minimum Gasteiger partial charge on any atom is -0.303 e. The topological polar surface area (TPSA) is 3.24 Å². The van der Waals surface area contributed by atoms with E-state index < -0.39 is 0 Å². The molecule has 0 fully saturated rings. The molecule has 0 aromatic carbocycles. The van der Waals surface area contributed by atoms with Crippen molar-refractivity contribution < 1.29 is 0 Å². The predicted molar refractivity (Wildman–Crippen MR) is 139 cm³/mol. The number of unbranched alkanes of at least 4 members (excludes halogenated alkanes) is 10. The third kappa shape index (κ3) is 19.9. The van der Waals surface area contributed by atoms with Crippen LogP contribution < -0.4 is 0 Å². The standard InChI is InChI=1S/C29H61N/c1-7-10-12-13-14-15-16-17-19-23-30(26-29(9-3)22-11-8-2)24-20-18-21-28(6)25-27(4)5/h27-29H,7-26H2,1-6H3. The summed E-state index contributed by atoms with van der Waals surface area (Å²) < 4.78 is 0. The molecule has 0 N–H and O–H groups in total. The van der Waals surface area contributed by atoms with Gasteiger partial charge in [-0.2, -0.15) is 0 Å². The Morgan fingerprint density at radius 1 is 0.567 bits per heavy atom. The van der Waals surface area contributed by atoms with Crippen molar-refractivity contribution >= 4 is 0 Å². The van der Waals surface area contributed by atoms with Crippen molar-refractivity contribution in [3.8, 4) is 0 Å². The molecule has 0 aromatic rings. The fourth-order valence-corrected chi connectivity index (χ4v) is 4.97. The van der Waals surface area contributed by atoms with Crippen LogP contribution in [0.25, 0.3) is 0 Å². The molecule has 0 saturated heterocycles. The molecule has 2 unspecified atom stereocenters. The molecule has 0 saturated carbocycles. The van der Waals surface area contributed by atoms with Crippen LogP contribution in [0.2, 0.25) is 0 Å². The highest BCUT2D eigenvalue weighted by Gasteiger charge is 2.13. The predicted octanol–water partition coefficient (Wildman–Crippen LogP) is 9.89. The summed E-state index contributed by atoms with van der Waals surface area (Å²) >= 11 is 0. The van der Waals surface area contributed by atoms with Crippen molar-refractivity contribution in [1.82, 2.24) is 4.90 Å². The number of nitrogens with zero attached hydrogens (tertiary/aromatic N) is 1. The summed E-state index contributed by atoms with van der Waals surface area (Å²) in [5.74, 6) is 2.68. The molecule has 182 valence electrons. The first-order valence-corrected chi connectivity index (χ1v) is 14.3. The number of rotatable bonds is 23. The molecular formula is C29H61N. The number of hydrogen-bond donors (Lipinski definition) is 0. The molecule has 1 nitrogen and oxygen atoms in total. The Morgan fingerprint density at radius 3 is 1.63 bits per heavy atom. The maximum Gasteiger partial charge on any atom is 0.000955 e. The molecule has 0 aliphatic rings. The summed E-state index contributed by atoms with van der Waals surface area (Å²) in [6.07, 6.45) is 24.2. The van der Waals surface area contributed by atoms with Gasteiger partial charge < -0.3 is 4.90 Å². The van der Waals surface area contributed by atoms with E-state index in [0.717, 1.165) is 17.8 Å². The first-order chi connectivity index (χ1) is 14.5. The normalized spacial score (nSPS) is 14.0. The second-order valence-electron chi connectivity index (χ2n) is 10.8. The zero-order valence-electron chi connectivity index (χ0n) is 22.3. The average molecular weight is 424 g/mol.